The molecule has 0 saturated carbocycles. The molecule has 0 spiro atoms. The smallest absolute Gasteiger partial charge is 0.359 e. The molecular formula is C15H14N4O2. The number of aryl methyl sites for hydroxylation is 1. The van der Waals surface area contributed by atoms with Crippen LogP contribution in [0, 0.1) is 6.92 Å². The molecule has 0 unspecified atom stereocenters. The fourth-order valence-electron chi connectivity index (χ4n) is 2.30. The number of anilines is 1. The number of benzene rings is 1. The monoisotopic (exact) mass is 282 g/mol. The van der Waals surface area contributed by atoms with E-state index in [2.05, 4.69) is 15.2 Å². The first-order valence-electron chi connectivity index (χ1n) is 6.39. The molecule has 0 atom stereocenters. The Kier molecular flexibility index (Phi) is 3.06. The van der Waals surface area contributed by atoms with E-state index in [0.29, 0.717) is 5.82 Å². The zero-order valence-corrected chi connectivity index (χ0v) is 11.7. The standard InChI is InChI=1S/C15H14N4O2/c1-8-5-12-11(14(19-18-12)15(20)21-2)6-10(8)9-3-4-13(16)17-7-9/h3-7H,1-2H3,(H2,16,17)(H,18,19). The molecule has 3 rings (SSSR count). The van der Waals surface area contributed by atoms with Crippen molar-refractivity contribution in [2.24, 2.45) is 0 Å². The Morgan fingerprint density at radius 3 is 2.81 bits per heavy atom. The number of H-pyrrole nitrogens is 1. The average molecular weight is 282 g/mol. The van der Waals surface area contributed by atoms with Gasteiger partial charge in [0.05, 0.1) is 12.6 Å². The number of carbonyl (C=O) groups is 1. The van der Waals surface area contributed by atoms with E-state index in [9.17, 15) is 4.79 Å². The maximum atomic E-state index is 11.7. The fourth-order valence-corrected chi connectivity index (χ4v) is 2.30. The minimum absolute atomic E-state index is 0.275. The third-order valence-corrected chi connectivity index (χ3v) is 3.38. The molecule has 2 heterocycles. The number of esters is 1. The van der Waals surface area contributed by atoms with Crippen LogP contribution in [0.2, 0.25) is 0 Å². The van der Waals surface area contributed by atoms with Gasteiger partial charge in [-0.2, -0.15) is 5.10 Å². The van der Waals surface area contributed by atoms with Gasteiger partial charge in [0.1, 0.15) is 5.82 Å². The van der Waals surface area contributed by atoms with E-state index in [1.54, 1.807) is 12.3 Å². The van der Waals surface area contributed by atoms with E-state index in [4.69, 9.17) is 10.5 Å². The van der Waals surface area contributed by atoms with Crippen molar-refractivity contribution in [1.82, 2.24) is 15.2 Å². The molecule has 0 radical (unpaired) electrons. The van der Waals surface area contributed by atoms with Crippen LogP contribution >= 0.6 is 0 Å². The van der Waals surface area contributed by atoms with E-state index in [1.165, 1.54) is 7.11 Å². The van der Waals surface area contributed by atoms with Crippen molar-refractivity contribution in [3.05, 3.63) is 41.7 Å². The molecule has 2 aromatic heterocycles. The number of carbonyl (C=O) groups excluding carboxylic acids is 1. The van der Waals surface area contributed by atoms with Gasteiger partial charge in [0.25, 0.3) is 0 Å². The number of nitrogens with two attached hydrogens (primary N) is 1. The maximum Gasteiger partial charge on any atom is 0.359 e. The summed E-state index contributed by atoms with van der Waals surface area (Å²) in [6.45, 7) is 1.99. The molecule has 0 aliphatic rings. The maximum absolute atomic E-state index is 11.7. The van der Waals surface area contributed by atoms with Gasteiger partial charge in [-0.25, -0.2) is 9.78 Å². The molecule has 0 aliphatic carbocycles. The lowest BCUT2D eigenvalue weighted by Crippen LogP contribution is -2.02. The van der Waals surface area contributed by atoms with Crippen LogP contribution in [-0.2, 0) is 4.74 Å². The number of rotatable bonds is 2. The number of nitrogens with zero attached hydrogens (tertiary/aromatic N) is 2. The van der Waals surface area contributed by atoms with E-state index in [1.807, 2.05) is 25.1 Å². The SMILES string of the molecule is COC(=O)c1n[nH]c2cc(C)c(-c3ccc(N)nc3)cc12. The van der Waals surface area contributed by atoms with Gasteiger partial charge in [-0.15, -0.1) is 0 Å². The summed E-state index contributed by atoms with van der Waals surface area (Å²) in [5.41, 5.74) is 9.63. The molecule has 106 valence electrons. The molecular weight excluding hydrogens is 268 g/mol. The van der Waals surface area contributed by atoms with E-state index in [-0.39, 0.29) is 5.69 Å². The van der Waals surface area contributed by atoms with Crippen LogP contribution in [0.5, 0.6) is 0 Å². The molecule has 0 amide bonds. The van der Waals surface area contributed by atoms with E-state index in [0.717, 1.165) is 27.6 Å². The van der Waals surface area contributed by atoms with Gasteiger partial charge in [0, 0.05) is 17.1 Å². The van der Waals surface area contributed by atoms with Gasteiger partial charge >= 0.3 is 5.97 Å². The molecule has 6 nitrogen and oxygen atoms in total. The summed E-state index contributed by atoms with van der Waals surface area (Å²) >= 11 is 0. The highest BCUT2D eigenvalue weighted by Gasteiger charge is 2.16. The van der Waals surface area contributed by atoms with Gasteiger partial charge in [0.2, 0.25) is 0 Å². The molecule has 1 aromatic carbocycles. The average Bonchev–Trinajstić information content (AvgIpc) is 2.89. The van der Waals surface area contributed by atoms with E-state index < -0.39 is 5.97 Å². The summed E-state index contributed by atoms with van der Waals surface area (Å²) in [6, 6.07) is 7.50. The Bertz CT molecular complexity index is 822. The Morgan fingerprint density at radius 1 is 1.33 bits per heavy atom. The lowest BCUT2D eigenvalue weighted by atomic mass is 9.99. The summed E-state index contributed by atoms with van der Waals surface area (Å²) in [6.07, 6.45) is 1.71. The van der Waals surface area contributed by atoms with Crippen molar-refractivity contribution in [2.45, 2.75) is 6.92 Å². The highest BCUT2D eigenvalue weighted by molar-refractivity contribution is 6.03. The second-order valence-electron chi connectivity index (χ2n) is 4.75. The molecule has 3 aromatic rings. The Balaban J connectivity index is 2.21. The van der Waals surface area contributed by atoms with Crippen LogP contribution in [-0.4, -0.2) is 28.3 Å². The molecule has 0 saturated heterocycles. The normalized spacial score (nSPS) is 10.8. The third kappa shape index (κ3) is 2.20. The number of aromatic amines is 1. The largest absolute Gasteiger partial charge is 0.464 e. The number of hydrogen-bond donors (Lipinski definition) is 2. The first-order chi connectivity index (χ1) is 10.1. The van der Waals surface area contributed by atoms with Crippen LogP contribution in [0.3, 0.4) is 0 Å². The van der Waals surface area contributed by atoms with Crippen molar-refractivity contribution in [1.29, 1.82) is 0 Å². The first kappa shape index (κ1) is 13.1. The number of fused-ring (bicyclic) bond motifs is 1. The molecule has 3 N–H and O–H groups in total. The van der Waals surface area contributed by atoms with Gasteiger partial charge in [-0.05, 0) is 42.3 Å². The van der Waals surface area contributed by atoms with Crippen molar-refractivity contribution >= 4 is 22.7 Å². The van der Waals surface area contributed by atoms with Crippen LogP contribution in [0.15, 0.2) is 30.5 Å². The predicted molar refractivity (Wildman–Crippen MR) is 79.8 cm³/mol. The molecule has 0 fully saturated rings. The Hall–Kier alpha value is -2.89. The van der Waals surface area contributed by atoms with Crippen molar-refractivity contribution in [2.75, 3.05) is 12.8 Å². The number of aromatic nitrogens is 3. The predicted octanol–water partition coefficient (Wildman–Crippen LogP) is 2.30. The summed E-state index contributed by atoms with van der Waals surface area (Å²) < 4.78 is 4.74. The van der Waals surface area contributed by atoms with Gasteiger partial charge in [0.15, 0.2) is 5.69 Å². The van der Waals surface area contributed by atoms with Gasteiger partial charge in [-0.3, -0.25) is 5.10 Å². The van der Waals surface area contributed by atoms with Crippen molar-refractivity contribution < 1.29 is 9.53 Å². The number of methoxy groups -OCH3 is 1. The lowest BCUT2D eigenvalue weighted by Gasteiger charge is -2.07. The van der Waals surface area contributed by atoms with E-state index >= 15 is 0 Å². The highest BCUT2D eigenvalue weighted by atomic mass is 16.5. The summed E-state index contributed by atoms with van der Waals surface area (Å²) in [7, 11) is 1.34. The van der Waals surface area contributed by atoms with Crippen LogP contribution < -0.4 is 5.73 Å². The zero-order chi connectivity index (χ0) is 15.0. The highest BCUT2D eigenvalue weighted by Crippen LogP contribution is 2.29. The number of nitrogens with one attached hydrogen (secondary N) is 1. The molecule has 0 aliphatic heterocycles. The first-order valence-corrected chi connectivity index (χ1v) is 6.39. The topological polar surface area (TPSA) is 93.9 Å². The Labute approximate surface area is 120 Å². The quantitative estimate of drug-likeness (QED) is 0.703. The van der Waals surface area contributed by atoms with Crippen LogP contribution in [0.1, 0.15) is 16.1 Å². The van der Waals surface area contributed by atoms with Gasteiger partial charge in [-0.1, -0.05) is 0 Å². The van der Waals surface area contributed by atoms with Crippen molar-refractivity contribution in [3.8, 4) is 11.1 Å². The van der Waals surface area contributed by atoms with Crippen LogP contribution in [0.4, 0.5) is 5.82 Å². The zero-order valence-electron chi connectivity index (χ0n) is 11.7. The second kappa shape index (κ2) is 4.90. The minimum atomic E-state index is -0.466. The number of pyridine rings is 1. The third-order valence-electron chi connectivity index (χ3n) is 3.38. The lowest BCUT2D eigenvalue weighted by molar-refractivity contribution is 0.0596. The second-order valence-corrected chi connectivity index (χ2v) is 4.75. The van der Waals surface area contributed by atoms with Crippen LogP contribution in [0.25, 0.3) is 22.0 Å². The molecule has 21 heavy (non-hydrogen) atoms. The minimum Gasteiger partial charge on any atom is -0.464 e. The summed E-state index contributed by atoms with van der Waals surface area (Å²) in [4.78, 5) is 15.8. The van der Waals surface area contributed by atoms with Crippen molar-refractivity contribution in [3.63, 3.8) is 0 Å². The summed E-state index contributed by atoms with van der Waals surface area (Å²) in [5.74, 6) is 0.00234. The number of nitrogen functional groups attached to an aromatic ring is 1. The summed E-state index contributed by atoms with van der Waals surface area (Å²) in [5, 5.41) is 7.59. The molecule has 0 bridgehead atoms. The number of hydrogen-bond acceptors (Lipinski definition) is 5. The number of ether oxygens (including phenoxy) is 1. The van der Waals surface area contributed by atoms with Gasteiger partial charge < -0.3 is 10.5 Å². The molecule has 6 heteroatoms. The Morgan fingerprint density at radius 2 is 2.14 bits per heavy atom. The fraction of sp³-hybridized carbons (Fsp3) is 0.133.